The van der Waals surface area contributed by atoms with Crippen molar-refractivity contribution in [1.82, 2.24) is 9.97 Å². The van der Waals surface area contributed by atoms with Crippen molar-refractivity contribution in [3.8, 4) is 0 Å². The van der Waals surface area contributed by atoms with E-state index in [0.717, 1.165) is 18.5 Å². The number of nitrogens with two attached hydrogens (primary N) is 1. The molecule has 17 heavy (non-hydrogen) atoms. The number of aromatic nitrogens is 2. The molecule has 0 fully saturated rings. The Bertz CT molecular complexity index is 495. The molecule has 0 aromatic carbocycles. The van der Waals surface area contributed by atoms with Gasteiger partial charge in [-0.2, -0.15) is 0 Å². The van der Waals surface area contributed by atoms with Crippen LogP contribution in [0, 0.1) is 0 Å². The van der Waals surface area contributed by atoms with E-state index >= 15 is 0 Å². The standard InChI is InChI=1S/C13H15N3S/c14-12(11-7-17-8-16-11)10-5-1-3-9-4-2-6-15-13(9)10/h2,4,6-8,10,12H,1,3,5,14H2. The average Bonchev–Trinajstić information content (AvgIpc) is 2.91. The second-order valence-corrected chi connectivity index (χ2v) is 5.20. The summed E-state index contributed by atoms with van der Waals surface area (Å²) >= 11 is 1.60. The van der Waals surface area contributed by atoms with E-state index in [1.165, 1.54) is 17.7 Å². The van der Waals surface area contributed by atoms with Gasteiger partial charge in [-0.15, -0.1) is 11.3 Å². The molecule has 0 saturated heterocycles. The molecule has 4 heteroatoms. The lowest BCUT2D eigenvalue weighted by Crippen LogP contribution is -2.24. The Hall–Kier alpha value is -1.26. The van der Waals surface area contributed by atoms with Gasteiger partial charge in [0.2, 0.25) is 0 Å². The predicted molar refractivity (Wildman–Crippen MR) is 69.0 cm³/mol. The molecule has 2 heterocycles. The second kappa shape index (κ2) is 4.55. The second-order valence-electron chi connectivity index (χ2n) is 4.49. The first-order valence-electron chi connectivity index (χ1n) is 5.93. The summed E-state index contributed by atoms with van der Waals surface area (Å²) in [6.45, 7) is 0. The molecule has 3 nitrogen and oxygen atoms in total. The van der Waals surface area contributed by atoms with Crippen molar-refractivity contribution in [2.24, 2.45) is 5.73 Å². The summed E-state index contributed by atoms with van der Waals surface area (Å²) in [5, 5.41) is 2.04. The first-order valence-corrected chi connectivity index (χ1v) is 6.88. The summed E-state index contributed by atoms with van der Waals surface area (Å²) < 4.78 is 0. The fraction of sp³-hybridized carbons (Fsp3) is 0.385. The van der Waals surface area contributed by atoms with Crippen LogP contribution in [0.15, 0.2) is 29.2 Å². The molecule has 0 amide bonds. The highest BCUT2D eigenvalue weighted by Crippen LogP contribution is 2.37. The molecule has 0 bridgehead atoms. The van der Waals surface area contributed by atoms with Gasteiger partial charge < -0.3 is 5.73 Å². The van der Waals surface area contributed by atoms with Crippen LogP contribution in [-0.2, 0) is 6.42 Å². The zero-order valence-electron chi connectivity index (χ0n) is 9.54. The molecule has 2 atom stereocenters. The summed E-state index contributed by atoms with van der Waals surface area (Å²) in [5.74, 6) is 0.321. The molecule has 1 aliphatic carbocycles. The molecule has 0 aliphatic heterocycles. The molecule has 88 valence electrons. The Kier molecular flexibility index (Phi) is 2.91. The zero-order chi connectivity index (χ0) is 11.7. The number of rotatable bonds is 2. The number of hydrogen-bond donors (Lipinski definition) is 1. The highest BCUT2D eigenvalue weighted by atomic mass is 32.1. The van der Waals surface area contributed by atoms with E-state index < -0.39 is 0 Å². The third-order valence-electron chi connectivity index (χ3n) is 3.46. The van der Waals surface area contributed by atoms with Gasteiger partial charge in [0.25, 0.3) is 0 Å². The Morgan fingerprint density at radius 3 is 3.18 bits per heavy atom. The van der Waals surface area contributed by atoms with Gasteiger partial charge >= 0.3 is 0 Å². The number of hydrogen-bond acceptors (Lipinski definition) is 4. The molecule has 2 N–H and O–H groups in total. The van der Waals surface area contributed by atoms with Crippen molar-refractivity contribution < 1.29 is 0 Å². The van der Waals surface area contributed by atoms with Crippen molar-refractivity contribution in [3.05, 3.63) is 46.2 Å². The quantitative estimate of drug-likeness (QED) is 0.885. The number of nitrogens with zero attached hydrogens (tertiary/aromatic N) is 2. The van der Waals surface area contributed by atoms with Crippen LogP contribution in [-0.4, -0.2) is 9.97 Å². The molecule has 1 aliphatic rings. The van der Waals surface area contributed by atoms with E-state index in [4.69, 9.17) is 5.73 Å². The lowest BCUT2D eigenvalue weighted by atomic mass is 9.81. The normalized spacial score (nSPS) is 20.9. The molecule has 2 aromatic heterocycles. The fourth-order valence-corrected chi connectivity index (χ4v) is 3.19. The van der Waals surface area contributed by atoms with Gasteiger partial charge in [0.05, 0.1) is 17.2 Å². The van der Waals surface area contributed by atoms with E-state index in [1.807, 2.05) is 23.2 Å². The minimum atomic E-state index is -0.0183. The van der Waals surface area contributed by atoms with Gasteiger partial charge in [-0.05, 0) is 30.9 Å². The Morgan fingerprint density at radius 1 is 1.41 bits per heavy atom. The van der Waals surface area contributed by atoms with Crippen molar-refractivity contribution in [2.75, 3.05) is 0 Å². The SMILES string of the molecule is NC(c1cscn1)C1CCCc2cccnc21. The van der Waals surface area contributed by atoms with Crippen LogP contribution in [0.3, 0.4) is 0 Å². The number of aryl methyl sites for hydroxylation is 1. The minimum Gasteiger partial charge on any atom is -0.322 e. The van der Waals surface area contributed by atoms with Crippen molar-refractivity contribution in [3.63, 3.8) is 0 Å². The topological polar surface area (TPSA) is 51.8 Å². The highest BCUT2D eigenvalue weighted by molar-refractivity contribution is 7.07. The van der Waals surface area contributed by atoms with Gasteiger partial charge in [-0.1, -0.05) is 6.07 Å². The summed E-state index contributed by atoms with van der Waals surface area (Å²) in [6.07, 6.45) is 5.30. The lowest BCUT2D eigenvalue weighted by molar-refractivity contribution is 0.457. The van der Waals surface area contributed by atoms with E-state index in [1.54, 1.807) is 11.3 Å². The fourth-order valence-electron chi connectivity index (χ4n) is 2.59. The van der Waals surface area contributed by atoms with E-state index in [-0.39, 0.29) is 6.04 Å². The molecular weight excluding hydrogens is 230 g/mol. The van der Waals surface area contributed by atoms with Crippen molar-refractivity contribution >= 4 is 11.3 Å². The minimum absolute atomic E-state index is 0.0183. The Labute approximate surface area is 105 Å². The molecule has 0 radical (unpaired) electrons. The van der Waals surface area contributed by atoms with Crippen LogP contribution in [0.5, 0.6) is 0 Å². The van der Waals surface area contributed by atoms with Crippen LogP contribution >= 0.6 is 11.3 Å². The van der Waals surface area contributed by atoms with Gasteiger partial charge in [0, 0.05) is 23.2 Å². The molecular formula is C13H15N3S. The Morgan fingerprint density at radius 2 is 2.35 bits per heavy atom. The van der Waals surface area contributed by atoms with Crippen LogP contribution < -0.4 is 5.73 Å². The Balaban J connectivity index is 1.95. The van der Waals surface area contributed by atoms with Gasteiger partial charge in [-0.3, -0.25) is 4.98 Å². The van der Waals surface area contributed by atoms with E-state index in [9.17, 15) is 0 Å². The molecule has 0 spiro atoms. The van der Waals surface area contributed by atoms with Crippen LogP contribution in [0.4, 0.5) is 0 Å². The summed E-state index contributed by atoms with van der Waals surface area (Å²) in [5.41, 5.74) is 11.7. The first kappa shape index (κ1) is 10.9. The third-order valence-corrected chi connectivity index (χ3v) is 4.07. The van der Waals surface area contributed by atoms with E-state index in [0.29, 0.717) is 5.92 Å². The highest BCUT2D eigenvalue weighted by Gasteiger charge is 2.28. The predicted octanol–water partition coefficient (Wildman–Crippen LogP) is 2.66. The summed E-state index contributed by atoms with van der Waals surface area (Å²) in [7, 11) is 0. The smallest absolute Gasteiger partial charge is 0.0795 e. The number of pyridine rings is 1. The number of fused-ring (bicyclic) bond motifs is 1. The monoisotopic (exact) mass is 245 g/mol. The maximum atomic E-state index is 6.33. The average molecular weight is 245 g/mol. The van der Waals surface area contributed by atoms with Crippen LogP contribution in [0.25, 0.3) is 0 Å². The van der Waals surface area contributed by atoms with Gasteiger partial charge in [-0.25, -0.2) is 4.98 Å². The lowest BCUT2D eigenvalue weighted by Gasteiger charge is -2.28. The molecule has 2 aromatic rings. The molecule has 2 unspecified atom stereocenters. The largest absolute Gasteiger partial charge is 0.322 e. The van der Waals surface area contributed by atoms with Crippen LogP contribution in [0.2, 0.25) is 0 Å². The first-order chi connectivity index (χ1) is 8.36. The van der Waals surface area contributed by atoms with Crippen molar-refractivity contribution in [2.45, 2.75) is 31.2 Å². The maximum absolute atomic E-state index is 6.33. The van der Waals surface area contributed by atoms with E-state index in [2.05, 4.69) is 16.0 Å². The van der Waals surface area contributed by atoms with Crippen molar-refractivity contribution in [1.29, 1.82) is 0 Å². The molecule has 3 rings (SSSR count). The van der Waals surface area contributed by atoms with Gasteiger partial charge in [0.15, 0.2) is 0 Å². The number of thiazole rings is 1. The van der Waals surface area contributed by atoms with Crippen LogP contribution in [0.1, 0.15) is 41.8 Å². The maximum Gasteiger partial charge on any atom is 0.0795 e. The zero-order valence-corrected chi connectivity index (χ0v) is 10.4. The molecule has 0 saturated carbocycles. The third kappa shape index (κ3) is 1.98. The summed E-state index contributed by atoms with van der Waals surface area (Å²) in [6, 6.07) is 4.16. The summed E-state index contributed by atoms with van der Waals surface area (Å²) in [4.78, 5) is 8.86. The van der Waals surface area contributed by atoms with Gasteiger partial charge in [0.1, 0.15) is 0 Å².